The molecule has 0 radical (unpaired) electrons. The van der Waals surface area contributed by atoms with Crippen LogP contribution in [0.4, 0.5) is 5.69 Å². The van der Waals surface area contributed by atoms with Gasteiger partial charge in [-0.05, 0) is 70.6 Å². The molecule has 1 aliphatic heterocycles. The number of ketones is 2. The largest absolute Gasteiger partial charge is 0.507 e. The molecule has 3 aromatic carbocycles. The first-order chi connectivity index (χ1) is 21.2. The number of rotatable bonds is 5. The average Bonchev–Trinajstić information content (AvgIpc) is 3.28. The van der Waals surface area contributed by atoms with Crippen LogP contribution in [-0.2, 0) is 25.8 Å². The molecule has 2 amide bonds. The average molecular weight is 671 g/mol. The number of phenols is 1. The number of carbonyl (C=O) groups is 4. The predicted molar refractivity (Wildman–Crippen MR) is 167 cm³/mol. The van der Waals surface area contributed by atoms with Crippen LogP contribution in [0, 0.1) is 17.8 Å². The van der Waals surface area contributed by atoms with Gasteiger partial charge in [-0.25, -0.2) is 0 Å². The van der Waals surface area contributed by atoms with E-state index in [9.17, 15) is 24.3 Å². The van der Waals surface area contributed by atoms with Crippen molar-refractivity contribution in [1.82, 2.24) is 0 Å². The molecular weight excluding hydrogens is 646 g/mol. The summed E-state index contributed by atoms with van der Waals surface area (Å²) in [5.41, 5.74) is 3.17. The highest BCUT2D eigenvalue weighted by molar-refractivity contribution is 9.12. The highest BCUT2D eigenvalue weighted by atomic mass is 79.9. The maximum atomic E-state index is 14.0. The van der Waals surface area contributed by atoms with Crippen molar-refractivity contribution in [2.24, 2.45) is 17.8 Å². The van der Waals surface area contributed by atoms with E-state index in [1.807, 2.05) is 36.4 Å². The van der Waals surface area contributed by atoms with E-state index < -0.39 is 23.7 Å². The quantitative estimate of drug-likeness (QED) is 0.187. The number of amides is 2. The molecular formula is C35H25BrClNO6. The Bertz CT molecular complexity index is 1840. The van der Waals surface area contributed by atoms with Crippen molar-refractivity contribution in [3.05, 3.63) is 122 Å². The Balaban J connectivity index is 1.28. The second-order valence-electron chi connectivity index (χ2n) is 11.4. The summed E-state index contributed by atoms with van der Waals surface area (Å²) >= 11 is 9.29. The SMILES string of the molecule is O=C1C=C(Br)C(=O)C2=C1[C@@H](c1ccc(OCc3ccccc3)cc1O)C1=CC[C@@H]3C(=O)N(c4ccc(Cl)cc4)C(=O)[C@@H]3[C@@H]1C2. The number of benzene rings is 3. The van der Waals surface area contributed by atoms with Gasteiger partial charge < -0.3 is 9.84 Å². The first-order valence-electron chi connectivity index (χ1n) is 14.2. The number of aromatic hydroxyl groups is 1. The summed E-state index contributed by atoms with van der Waals surface area (Å²) in [5, 5.41) is 11.8. The lowest BCUT2D eigenvalue weighted by Gasteiger charge is -2.42. The highest BCUT2D eigenvalue weighted by Gasteiger charge is 2.56. The van der Waals surface area contributed by atoms with Crippen molar-refractivity contribution in [1.29, 1.82) is 0 Å². The van der Waals surface area contributed by atoms with E-state index in [1.165, 1.54) is 17.0 Å². The van der Waals surface area contributed by atoms with Crippen LogP contribution in [0.25, 0.3) is 0 Å². The lowest BCUT2D eigenvalue weighted by Crippen LogP contribution is -2.39. The minimum absolute atomic E-state index is 0.0958. The first kappa shape index (κ1) is 28.5. The molecule has 1 saturated heterocycles. The van der Waals surface area contributed by atoms with E-state index in [1.54, 1.807) is 36.4 Å². The standard InChI is InChI=1S/C35H25BrClNO6/c36-27-16-29(40)32-26(33(27)41)15-25-22(12-13-24-31(25)35(43)38(34(24)42)20-8-6-19(37)7-9-20)30(32)23-11-10-21(14-28(23)39)44-17-18-4-2-1-3-5-18/h1-12,14,16,24-25,30-31,39H,13,15,17H2/t24-,25+,30+,31-/m0/s1. The highest BCUT2D eigenvalue weighted by Crippen LogP contribution is 2.56. The van der Waals surface area contributed by atoms with E-state index in [0.29, 0.717) is 46.2 Å². The van der Waals surface area contributed by atoms with E-state index >= 15 is 0 Å². The molecule has 4 atom stereocenters. The Morgan fingerprint density at radius 1 is 0.932 bits per heavy atom. The number of anilines is 1. The molecule has 0 bridgehead atoms. The van der Waals surface area contributed by atoms with Crippen LogP contribution in [0.15, 0.2) is 106 Å². The van der Waals surface area contributed by atoms with Gasteiger partial charge in [0.05, 0.1) is 22.0 Å². The normalized spacial score (nSPS) is 24.5. The zero-order chi connectivity index (χ0) is 30.7. The third-order valence-electron chi connectivity index (χ3n) is 8.98. The molecule has 7 rings (SSSR count). The van der Waals surface area contributed by atoms with Crippen LogP contribution >= 0.6 is 27.5 Å². The zero-order valence-electron chi connectivity index (χ0n) is 23.2. The molecule has 0 aromatic heterocycles. The summed E-state index contributed by atoms with van der Waals surface area (Å²) in [6.07, 6.45) is 3.62. The molecule has 4 aliphatic rings. The molecule has 3 aromatic rings. The number of allylic oxidation sites excluding steroid dienone is 6. The summed E-state index contributed by atoms with van der Waals surface area (Å²) in [7, 11) is 0. The molecule has 220 valence electrons. The van der Waals surface area contributed by atoms with Crippen molar-refractivity contribution < 1.29 is 29.0 Å². The molecule has 1 N–H and O–H groups in total. The van der Waals surface area contributed by atoms with Gasteiger partial charge in [0.15, 0.2) is 11.6 Å². The van der Waals surface area contributed by atoms with Crippen molar-refractivity contribution in [3.63, 3.8) is 0 Å². The summed E-state index contributed by atoms with van der Waals surface area (Å²) in [6, 6.07) is 21.1. The Hall–Kier alpha value is -4.27. The predicted octanol–water partition coefficient (Wildman–Crippen LogP) is 6.59. The molecule has 0 saturated carbocycles. The Kier molecular flexibility index (Phi) is 7.14. The lowest BCUT2D eigenvalue weighted by atomic mass is 9.59. The minimum Gasteiger partial charge on any atom is -0.507 e. The topological polar surface area (TPSA) is 101 Å². The second-order valence-corrected chi connectivity index (χ2v) is 12.7. The molecule has 1 heterocycles. The van der Waals surface area contributed by atoms with Gasteiger partial charge in [-0.1, -0.05) is 59.6 Å². The van der Waals surface area contributed by atoms with Crippen LogP contribution in [0.3, 0.4) is 0 Å². The number of Topliss-reactive ketones (excluding diaryl/α,β-unsaturated/α-hetero) is 1. The molecule has 9 heteroatoms. The molecule has 0 spiro atoms. The van der Waals surface area contributed by atoms with Gasteiger partial charge in [0.25, 0.3) is 0 Å². The van der Waals surface area contributed by atoms with Crippen LogP contribution in [0.1, 0.15) is 29.9 Å². The lowest BCUT2D eigenvalue weighted by molar-refractivity contribution is -0.123. The molecule has 0 unspecified atom stereocenters. The third kappa shape index (κ3) is 4.64. The molecule has 44 heavy (non-hydrogen) atoms. The number of halogens is 2. The number of fused-ring (bicyclic) bond motifs is 3. The van der Waals surface area contributed by atoms with Gasteiger partial charge in [0.1, 0.15) is 18.1 Å². The van der Waals surface area contributed by atoms with Gasteiger partial charge in [0, 0.05) is 39.8 Å². The van der Waals surface area contributed by atoms with Gasteiger partial charge in [0.2, 0.25) is 11.8 Å². The fourth-order valence-electron chi connectivity index (χ4n) is 7.00. The zero-order valence-corrected chi connectivity index (χ0v) is 25.5. The minimum atomic E-state index is -0.770. The fourth-order valence-corrected chi connectivity index (χ4v) is 7.58. The summed E-state index contributed by atoms with van der Waals surface area (Å²) in [6.45, 7) is 0.306. The van der Waals surface area contributed by atoms with Crippen LogP contribution in [0.5, 0.6) is 11.5 Å². The van der Waals surface area contributed by atoms with Crippen molar-refractivity contribution in [2.45, 2.75) is 25.4 Å². The number of nitrogens with zero attached hydrogens (tertiary/aromatic N) is 1. The maximum Gasteiger partial charge on any atom is 0.238 e. The number of phenolic OH excluding ortho intramolecular Hbond substituents is 1. The van der Waals surface area contributed by atoms with Crippen LogP contribution < -0.4 is 9.64 Å². The van der Waals surface area contributed by atoms with E-state index in [-0.39, 0.29) is 40.0 Å². The van der Waals surface area contributed by atoms with E-state index in [0.717, 1.165) is 11.1 Å². The van der Waals surface area contributed by atoms with Crippen molar-refractivity contribution in [3.8, 4) is 11.5 Å². The van der Waals surface area contributed by atoms with E-state index in [2.05, 4.69) is 15.9 Å². The molecule has 3 aliphatic carbocycles. The Labute approximate surface area is 266 Å². The number of hydrogen-bond acceptors (Lipinski definition) is 6. The van der Waals surface area contributed by atoms with Gasteiger partial charge in [-0.15, -0.1) is 0 Å². The third-order valence-corrected chi connectivity index (χ3v) is 9.82. The molecule has 1 fully saturated rings. The van der Waals surface area contributed by atoms with Crippen LogP contribution in [0.2, 0.25) is 5.02 Å². The molecule has 7 nitrogen and oxygen atoms in total. The second kappa shape index (κ2) is 11.0. The van der Waals surface area contributed by atoms with Gasteiger partial charge in [-0.2, -0.15) is 0 Å². The number of ether oxygens (including phenoxy) is 1. The number of hydrogen-bond donors (Lipinski definition) is 1. The Morgan fingerprint density at radius 2 is 1.68 bits per heavy atom. The van der Waals surface area contributed by atoms with Gasteiger partial charge >= 0.3 is 0 Å². The number of imide groups is 1. The summed E-state index contributed by atoms with van der Waals surface area (Å²) < 4.78 is 6.05. The smallest absolute Gasteiger partial charge is 0.238 e. The van der Waals surface area contributed by atoms with Crippen molar-refractivity contribution in [2.75, 3.05) is 4.90 Å². The van der Waals surface area contributed by atoms with Gasteiger partial charge in [-0.3, -0.25) is 24.1 Å². The summed E-state index contributed by atoms with van der Waals surface area (Å²) in [5.74, 6) is -3.59. The van der Waals surface area contributed by atoms with Crippen molar-refractivity contribution >= 4 is 56.6 Å². The van der Waals surface area contributed by atoms with Crippen LogP contribution in [-0.4, -0.2) is 28.5 Å². The number of carbonyl (C=O) groups excluding carboxylic acids is 4. The first-order valence-corrected chi connectivity index (χ1v) is 15.4. The summed E-state index contributed by atoms with van der Waals surface area (Å²) in [4.78, 5) is 55.8. The monoisotopic (exact) mass is 669 g/mol. The maximum absolute atomic E-state index is 14.0. The van der Waals surface area contributed by atoms with E-state index in [4.69, 9.17) is 16.3 Å². The Morgan fingerprint density at radius 3 is 2.41 bits per heavy atom. The fraction of sp³-hybridized carbons (Fsp3) is 0.200.